The summed E-state index contributed by atoms with van der Waals surface area (Å²) in [6.45, 7) is 6.22. The normalized spacial score (nSPS) is 10.8. The fraction of sp³-hybridized carbons (Fsp3) is 0.500. The second-order valence-corrected chi connectivity index (χ2v) is 6.32. The first-order valence-electron chi connectivity index (χ1n) is 7.31. The number of hydrogen-bond donors (Lipinski definition) is 2. The number of ether oxygens (including phenoxy) is 2. The molecule has 0 saturated carbocycles. The molecule has 2 N–H and O–H groups in total. The Morgan fingerprint density at radius 3 is 2.43 bits per heavy atom. The van der Waals surface area contributed by atoms with E-state index in [9.17, 15) is 9.59 Å². The summed E-state index contributed by atoms with van der Waals surface area (Å²) in [5.41, 5.74) is -0.110. The Morgan fingerprint density at radius 1 is 1.17 bits per heavy atom. The number of rotatable bonds is 6. The van der Waals surface area contributed by atoms with Gasteiger partial charge < -0.3 is 20.1 Å². The van der Waals surface area contributed by atoms with Crippen molar-refractivity contribution in [3.8, 4) is 5.75 Å². The Labute approximate surface area is 141 Å². The molecule has 0 unspecified atom stereocenters. The molecule has 1 aromatic rings. The standard InChI is InChI=1S/C16H23ClN2O4/c1-16(2,3)23-15(21)19-9-5-8-18-14(20)12-7-6-11(17)10-13(12)22-4/h6-7,10H,5,8-9H2,1-4H3,(H,18,20)(H,19,21). The van der Waals surface area contributed by atoms with E-state index in [1.807, 2.05) is 0 Å². The third-order valence-corrected chi connectivity index (χ3v) is 2.95. The largest absolute Gasteiger partial charge is 0.496 e. The van der Waals surface area contributed by atoms with Gasteiger partial charge in [-0.05, 0) is 45.4 Å². The van der Waals surface area contributed by atoms with Gasteiger partial charge in [-0.2, -0.15) is 0 Å². The summed E-state index contributed by atoms with van der Waals surface area (Å²) in [4.78, 5) is 23.5. The molecule has 0 heterocycles. The summed E-state index contributed by atoms with van der Waals surface area (Å²) in [7, 11) is 1.48. The summed E-state index contributed by atoms with van der Waals surface area (Å²) in [6.07, 6.45) is 0.115. The van der Waals surface area contributed by atoms with Crippen molar-refractivity contribution in [3.05, 3.63) is 28.8 Å². The van der Waals surface area contributed by atoms with E-state index in [0.29, 0.717) is 35.8 Å². The predicted molar refractivity (Wildman–Crippen MR) is 89.2 cm³/mol. The van der Waals surface area contributed by atoms with Crippen LogP contribution in [0, 0.1) is 0 Å². The van der Waals surface area contributed by atoms with Crippen LogP contribution in [0.5, 0.6) is 5.75 Å². The van der Waals surface area contributed by atoms with Gasteiger partial charge in [0.05, 0.1) is 12.7 Å². The van der Waals surface area contributed by atoms with Gasteiger partial charge in [-0.1, -0.05) is 11.6 Å². The summed E-state index contributed by atoms with van der Waals surface area (Å²) in [5.74, 6) is 0.165. The number of nitrogens with one attached hydrogen (secondary N) is 2. The summed E-state index contributed by atoms with van der Waals surface area (Å²) < 4.78 is 10.2. The fourth-order valence-electron chi connectivity index (χ4n) is 1.74. The van der Waals surface area contributed by atoms with E-state index in [1.54, 1.807) is 39.0 Å². The molecule has 1 rings (SSSR count). The minimum Gasteiger partial charge on any atom is -0.496 e. The predicted octanol–water partition coefficient (Wildman–Crippen LogP) is 2.99. The van der Waals surface area contributed by atoms with E-state index in [1.165, 1.54) is 7.11 Å². The molecule has 0 radical (unpaired) electrons. The van der Waals surface area contributed by atoms with E-state index in [2.05, 4.69) is 10.6 Å². The number of carbonyl (C=O) groups excluding carboxylic acids is 2. The van der Waals surface area contributed by atoms with Gasteiger partial charge >= 0.3 is 6.09 Å². The van der Waals surface area contributed by atoms with Crippen LogP contribution in [0.15, 0.2) is 18.2 Å². The molecule has 0 aliphatic rings. The van der Waals surface area contributed by atoms with Crippen LogP contribution in [0.1, 0.15) is 37.6 Å². The number of alkyl carbamates (subject to hydrolysis) is 1. The quantitative estimate of drug-likeness (QED) is 0.779. The van der Waals surface area contributed by atoms with Crippen molar-refractivity contribution in [1.82, 2.24) is 10.6 Å². The lowest BCUT2D eigenvalue weighted by atomic mass is 10.2. The summed E-state index contributed by atoms with van der Waals surface area (Å²) >= 11 is 5.86. The molecule has 7 heteroatoms. The molecule has 0 saturated heterocycles. The van der Waals surface area contributed by atoms with Crippen molar-refractivity contribution >= 4 is 23.6 Å². The molecule has 1 aromatic carbocycles. The zero-order valence-corrected chi connectivity index (χ0v) is 14.6. The number of carbonyl (C=O) groups is 2. The molecule has 128 valence electrons. The van der Waals surface area contributed by atoms with Crippen LogP contribution in [0.25, 0.3) is 0 Å². The first kappa shape index (κ1) is 19.1. The minimum absolute atomic E-state index is 0.254. The zero-order valence-electron chi connectivity index (χ0n) is 13.9. The van der Waals surface area contributed by atoms with Crippen molar-refractivity contribution in [2.45, 2.75) is 32.8 Å². The number of hydrogen-bond acceptors (Lipinski definition) is 4. The van der Waals surface area contributed by atoms with Gasteiger partial charge in [-0.3, -0.25) is 4.79 Å². The van der Waals surface area contributed by atoms with Crippen LogP contribution in [0.2, 0.25) is 5.02 Å². The van der Waals surface area contributed by atoms with Gasteiger partial charge in [-0.25, -0.2) is 4.79 Å². The van der Waals surface area contributed by atoms with Crippen LogP contribution in [0.3, 0.4) is 0 Å². The minimum atomic E-state index is -0.524. The third-order valence-electron chi connectivity index (χ3n) is 2.72. The zero-order chi connectivity index (χ0) is 17.5. The lowest BCUT2D eigenvalue weighted by molar-refractivity contribution is 0.0527. The topological polar surface area (TPSA) is 76.7 Å². The van der Waals surface area contributed by atoms with Crippen molar-refractivity contribution in [1.29, 1.82) is 0 Å². The van der Waals surface area contributed by atoms with Gasteiger partial charge in [0.25, 0.3) is 5.91 Å². The molecule has 0 fully saturated rings. The van der Waals surface area contributed by atoms with E-state index >= 15 is 0 Å². The number of amides is 2. The number of methoxy groups -OCH3 is 1. The maximum absolute atomic E-state index is 12.1. The van der Waals surface area contributed by atoms with E-state index in [0.717, 1.165) is 0 Å². The molecule has 0 atom stereocenters. The van der Waals surface area contributed by atoms with Gasteiger partial charge in [0.2, 0.25) is 0 Å². The highest BCUT2D eigenvalue weighted by molar-refractivity contribution is 6.30. The molecular formula is C16H23ClN2O4. The monoisotopic (exact) mass is 342 g/mol. The molecule has 0 aliphatic heterocycles. The second-order valence-electron chi connectivity index (χ2n) is 5.88. The van der Waals surface area contributed by atoms with Crippen molar-refractivity contribution < 1.29 is 19.1 Å². The fourth-order valence-corrected chi connectivity index (χ4v) is 1.90. The highest BCUT2D eigenvalue weighted by Gasteiger charge is 2.15. The first-order valence-corrected chi connectivity index (χ1v) is 7.69. The molecule has 2 amide bonds. The third kappa shape index (κ3) is 7.23. The Balaban J connectivity index is 2.34. The molecule has 0 aliphatic carbocycles. The van der Waals surface area contributed by atoms with Crippen LogP contribution < -0.4 is 15.4 Å². The van der Waals surface area contributed by atoms with Crippen LogP contribution in [-0.4, -0.2) is 37.8 Å². The number of benzene rings is 1. The Bertz CT molecular complexity index is 556. The molecule has 0 aromatic heterocycles. The van der Waals surface area contributed by atoms with Crippen molar-refractivity contribution in [3.63, 3.8) is 0 Å². The van der Waals surface area contributed by atoms with Gasteiger partial charge in [0, 0.05) is 18.1 Å². The molecule has 0 spiro atoms. The highest BCUT2D eigenvalue weighted by Crippen LogP contribution is 2.22. The highest BCUT2D eigenvalue weighted by atomic mass is 35.5. The number of halogens is 1. The molecule has 23 heavy (non-hydrogen) atoms. The Kier molecular flexibility index (Phi) is 7.16. The SMILES string of the molecule is COc1cc(Cl)ccc1C(=O)NCCCNC(=O)OC(C)(C)C. The second kappa shape index (κ2) is 8.62. The van der Waals surface area contributed by atoms with Crippen LogP contribution in [-0.2, 0) is 4.74 Å². The first-order chi connectivity index (χ1) is 10.7. The lowest BCUT2D eigenvalue weighted by Gasteiger charge is -2.19. The van der Waals surface area contributed by atoms with Crippen LogP contribution >= 0.6 is 11.6 Å². The molecular weight excluding hydrogens is 320 g/mol. The van der Waals surface area contributed by atoms with Crippen molar-refractivity contribution in [2.24, 2.45) is 0 Å². The van der Waals surface area contributed by atoms with Gasteiger partial charge in [-0.15, -0.1) is 0 Å². The molecule has 0 bridgehead atoms. The van der Waals surface area contributed by atoms with E-state index < -0.39 is 11.7 Å². The van der Waals surface area contributed by atoms with Gasteiger partial charge in [0.1, 0.15) is 11.4 Å². The average Bonchev–Trinajstić information content (AvgIpc) is 2.44. The van der Waals surface area contributed by atoms with Gasteiger partial charge in [0.15, 0.2) is 0 Å². The Hall–Kier alpha value is -1.95. The summed E-state index contributed by atoms with van der Waals surface area (Å²) in [6, 6.07) is 4.82. The van der Waals surface area contributed by atoms with E-state index in [-0.39, 0.29) is 5.91 Å². The smallest absolute Gasteiger partial charge is 0.407 e. The van der Waals surface area contributed by atoms with E-state index in [4.69, 9.17) is 21.1 Å². The lowest BCUT2D eigenvalue weighted by Crippen LogP contribution is -2.34. The summed E-state index contributed by atoms with van der Waals surface area (Å²) in [5, 5.41) is 5.89. The maximum atomic E-state index is 12.1. The maximum Gasteiger partial charge on any atom is 0.407 e. The molecule has 6 nitrogen and oxygen atoms in total. The van der Waals surface area contributed by atoms with Crippen LogP contribution in [0.4, 0.5) is 4.79 Å². The average molecular weight is 343 g/mol. The Morgan fingerprint density at radius 2 is 1.83 bits per heavy atom. The van der Waals surface area contributed by atoms with Crippen molar-refractivity contribution in [2.75, 3.05) is 20.2 Å².